The van der Waals surface area contributed by atoms with Crippen molar-refractivity contribution < 1.29 is 14.3 Å². The molecule has 0 unspecified atom stereocenters. The van der Waals surface area contributed by atoms with E-state index in [1.54, 1.807) is 0 Å². The topological polar surface area (TPSA) is 83.1 Å². The first-order chi connectivity index (χ1) is 19.7. The van der Waals surface area contributed by atoms with E-state index in [9.17, 15) is 4.79 Å². The average molecular weight is 567 g/mol. The molecule has 3 heterocycles. The van der Waals surface area contributed by atoms with Crippen LogP contribution in [0.1, 0.15) is 12.8 Å². The summed E-state index contributed by atoms with van der Waals surface area (Å²) in [6.45, 7) is 10.6. The Morgan fingerprint density at radius 1 is 0.875 bits per heavy atom. The van der Waals surface area contributed by atoms with Crippen molar-refractivity contribution >= 4 is 34.2 Å². The zero-order valence-electron chi connectivity index (χ0n) is 23.1. The van der Waals surface area contributed by atoms with Gasteiger partial charge in [0.15, 0.2) is 5.82 Å². The Bertz CT molecular complexity index is 1250. The van der Waals surface area contributed by atoms with E-state index in [0.29, 0.717) is 30.4 Å². The van der Waals surface area contributed by atoms with Gasteiger partial charge in [0.05, 0.1) is 37.0 Å². The molecule has 0 saturated carbocycles. The lowest BCUT2D eigenvalue weighted by molar-refractivity contribution is -0.121. The first kappa shape index (κ1) is 28.7. The molecule has 2 aliphatic rings. The molecule has 40 heavy (non-hydrogen) atoms. The molecule has 0 atom stereocenters. The van der Waals surface area contributed by atoms with Crippen molar-refractivity contribution in [1.82, 2.24) is 25.1 Å². The van der Waals surface area contributed by atoms with Crippen LogP contribution in [-0.4, -0.2) is 111 Å². The lowest BCUT2D eigenvalue weighted by atomic mass is 10.1. The van der Waals surface area contributed by atoms with Gasteiger partial charge in [-0.25, -0.2) is 9.97 Å². The number of ether oxygens (including phenoxy) is 2. The first-order valence-corrected chi connectivity index (χ1v) is 14.7. The summed E-state index contributed by atoms with van der Waals surface area (Å²) in [6, 6.07) is 15.7. The number of aromatic nitrogens is 2. The highest BCUT2D eigenvalue weighted by Gasteiger charge is 2.19. The number of fused-ring (bicyclic) bond motifs is 1. The summed E-state index contributed by atoms with van der Waals surface area (Å²) in [5, 5.41) is 4.69. The van der Waals surface area contributed by atoms with Gasteiger partial charge in [-0.05, 0) is 30.7 Å². The maximum atomic E-state index is 12.9. The summed E-state index contributed by atoms with van der Waals surface area (Å²) in [5.41, 5.74) is 1.65. The monoisotopic (exact) mass is 566 g/mol. The molecular weight excluding hydrogens is 528 g/mol. The van der Waals surface area contributed by atoms with Gasteiger partial charge in [0, 0.05) is 76.3 Å². The SMILES string of the molecule is O=C(CCN(CCCN1CCOCC1)c1nc(-c2ccccc2Cl)nc2ccccc12)NCCN1CCOCC1. The number of morpholine rings is 2. The Morgan fingerprint density at radius 2 is 1.55 bits per heavy atom. The van der Waals surface area contributed by atoms with Gasteiger partial charge in [-0.3, -0.25) is 14.6 Å². The molecule has 1 N–H and O–H groups in total. The number of para-hydroxylation sites is 1. The third-order valence-corrected chi connectivity index (χ3v) is 7.80. The molecule has 0 bridgehead atoms. The van der Waals surface area contributed by atoms with Gasteiger partial charge in [0.2, 0.25) is 5.91 Å². The van der Waals surface area contributed by atoms with Crippen LogP contribution in [0.25, 0.3) is 22.3 Å². The van der Waals surface area contributed by atoms with Crippen molar-refractivity contribution in [2.75, 3.05) is 90.2 Å². The van der Waals surface area contributed by atoms with Gasteiger partial charge in [0.25, 0.3) is 0 Å². The lowest BCUT2D eigenvalue weighted by Crippen LogP contribution is -2.42. The number of amides is 1. The first-order valence-electron chi connectivity index (χ1n) is 14.3. The molecule has 0 radical (unpaired) electrons. The average Bonchev–Trinajstić information content (AvgIpc) is 3.00. The van der Waals surface area contributed by atoms with E-state index in [1.165, 1.54) is 0 Å². The predicted molar refractivity (Wildman–Crippen MR) is 159 cm³/mol. The minimum Gasteiger partial charge on any atom is -0.379 e. The van der Waals surface area contributed by atoms with Gasteiger partial charge >= 0.3 is 0 Å². The number of nitrogens with one attached hydrogen (secondary N) is 1. The number of rotatable bonds is 12. The summed E-state index contributed by atoms with van der Waals surface area (Å²) < 4.78 is 10.9. The fourth-order valence-corrected chi connectivity index (χ4v) is 5.42. The molecule has 10 heteroatoms. The molecule has 9 nitrogen and oxygen atoms in total. The van der Waals surface area contributed by atoms with Gasteiger partial charge in [0.1, 0.15) is 5.82 Å². The largest absolute Gasteiger partial charge is 0.379 e. The van der Waals surface area contributed by atoms with Gasteiger partial charge in [-0.15, -0.1) is 0 Å². The third-order valence-electron chi connectivity index (χ3n) is 7.47. The van der Waals surface area contributed by atoms with E-state index in [0.717, 1.165) is 101 Å². The number of hydrogen-bond donors (Lipinski definition) is 1. The van der Waals surface area contributed by atoms with Crippen LogP contribution < -0.4 is 10.2 Å². The van der Waals surface area contributed by atoms with E-state index in [4.69, 9.17) is 31.0 Å². The molecule has 0 spiro atoms. The standard InChI is InChI=1S/C30H39ClN6O3/c31-26-8-3-1-6-24(26)29-33-27-9-4-2-7-25(27)30(34-29)37(13-5-12-35-16-20-39-21-17-35)14-10-28(38)32-11-15-36-18-22-40-23-19-36/h1-4,6-9H,5,10-23H2,(H,32,38). The maximum Gasteiger partial charge on any atom is 0.221 e. The second-order valence-electron chi connectivity index (χ2n) is 10.2. The smallest absolute Gasteiger partial charge is 0.221 e. The minimum atomic E-state index is 0.0520. The number of anilines is 1. The highest BCUT2D eigenvalue weighted by atomic mass is 35.5. The molecule has 214 valence electrons. The molecule has 1 amide bonds. The van der Waals surface area contributed by atoms with Crippen LogP contribution in [0.2, 0.25) is 5.02 Å². The predicted octanol–water partition coefficient (Wildman–Crippen LogP) is 3.32. The van der Waals surface area contributed by atoms with Crippen LogP contribution in [0.4, 0.5) is 5.82 Å². The molecular formula is C30H39ClN6O3. The van der Waals surface area contributed by atoms with Gasteiger partial charge in [-0.1, -0.05) is 35.9 Å². The Morgan fingerprint density at radius 3 is 2.30 bits per heavy atom. The van der Waals surface area contributed by atoms with Crippen molar-refractivity contribution in [3.05, 3.63) is 53.6 Å². The summed E-state index contributed by atoms with van der Waals surface area (Å²) in [7, 11) is 0. The molecule has 5 rings (SSSR count). The van der Waals surface area contributed by atoms with Crippen LogP contribution in [0.15, 0.2) is 48.5 Å². The number of benzene rings is 2. The minimum absolute atomic E-state index is 0.0520. The number of hydrogen-bond acceptors (Lipinski definition) is 8. The Labute approximate surface area is 241 Å². The summed E-state index contributed by atoms with van der Waals surface area (Å²) in [5.74, 6) is 1.48. The van der Waals surface area contributed by atoms with Crippen LogP contribution >= 0.6 is 11.6 Å². The number of halogens is 1. The molecule has 2 aliphatic heterocycles. The quantitative estimate of drug-likeness (QED) is 0.357. The Balaban J connectivity index is 1.32. The highest BCUT2D eigenvalue weighted by Crippen LogP contribution is 2.31. The summed E-state index contributed by atoms with van der Waals surface area (Å²) in [6.07, 6.45) is 1.35. The molecule has 1 aromatic heterocycles. The summed E-state index contributed by atoms with van der Waals surface area (Å²) >= 11 is 6.55. The molecule has 2 saturated heterocycles. The van der Waals surface area contributed by atoms with Crippen molar-refractivity contribution in [1.29, 1.82) is 0 Å². The highest BCUT2D eigenvalue weighted by molar-refractivity contribution is 6.33. The Kier molecular flexibility index (Phi) is 10.6. The van der Waals surface area contributed by atoms with Crippen molar-refractivity contribution in [2.24, 2.45) is 0 Å². The summed E-state index contributed by atoms with van der Waals surface area (Å²) in [4.78, 5) is 29.8. The second kappa shape index (κ2) is 14.7. The van der Waals surface area contributed by atoms with E-state index in [2.05, 4.69) is 26.1 Å². The van der Waals surface area contributed by atoms with E-state index < -0.39 is 0 Å². The second-order valence-corrected chi connectivity index (χ2v) is 10.6. The van der Waals surface area contributed by atoms with Crippen molar-refractivity contribution in [3.8, 4) is 11.4 Å². The van der Waals surface area contributed by atoms with Gasteiger partial charge in [-0.2, -0.15) is 0 Å². The molecule has 3 aromatic rings. The van der Waals surface area contributed by atoms with Gasteiger partial charge < -0.3 is 19.7 Å². The normalized spacial score (nSPS) is 16.7. The van der Waals surface area contributed by atoms with E-state index in [1.807, 2.05) is 42.5 Å². The Hall–Kier alpha value is -2.82. The lowest BCUT2D eigenvalue weighted by Gasteiger charge is -2.29. The van der Waals surface area contributed by atoms with Crippen molar-refractivity contribution in [3.63, 3.8) is 0 Å². The van der Waals surface area contributed by atoms with Crippen LogP contribution in [0.5, 0.6) is 0 Å². The van der Waals surface area contributed by atoms with E-state index >= 15 is 0 Å². The number of carbonyl (C=O) groups excluding carboxylic acids is 1. The number of nitrogens with zero attached hydrogens (tertiary/aromatic N) is 5. The zero-order valence-corrected chi connectivity index (χ0v) is 23.8. The van der Waals surface area contributed by atoms with Crippen LogP contribution in [-0.2, 0) is 14.3 Å². The number of carbonyl (C=O) groups is 1. The van der Waals surface area contributed by atoms with Crippen LogP contribution in [0.3, 0.4) is 0 Å². The maximum absolute atomic E-state index is 12.9. The van der Waals surface area contributed by atoms with Crippen LogP contribution in [0, 0.1) is 0 Å². The van der Waals surface area contributed by atoms with Crippen molar-refractivity contribution in [2.45, 2.75) is 12.8 Å². The third kappa shape index (κ3) is 7.89. The molecule has 0 aliphatic carbocycles. The molecule has 2 aromatic carbocycles. The molecule has 2 fully saturated rings. The van der Waals surface area contributed by atoms with E-state index in [-0.39, 0.29) is 5.91 Å². The fraction of sp³-hybridized carbons (Fsp3) is 0.500. The zero-order chi connectivity index (χ0) is 27.6. The fourth-order valence-electron chi connectivity index (χ4n) is 5.20.